The van der Waals surface area contributed by atoms with E-state index in [0.29, 0.717) is 22.8 Å². The molecule has 10 heteroatoms. The number of nitrogen functional groups attached to an aromatic ring is 1. The molecule has 6 rings (SSSR count). The van der Waals surface area contributed by atoms with Gasteiger partial charge in [0.25, 0.3) is 0 Å². The van der Waals surface area contributed by atoms with Crippen LogP contribution in [-0.4, -0.2) is 44.6 Å². The molecule has 7 nitrogen and oxygen atoms in total. The first-order chi connectivity index (χ1) is 20.2. The Balaban J connectivity index is 1.21. The van der Waals surface area contributed by atoms with E-state index in [1.54, 1.807) is 30.3 Å². The van der Waals surface area contributed by atoms with Crippen LogP contribution in [0.1, 0.15) is 54.2 Å². The van der Waals surface area contributed by atoms with Crippen molar-refractivity contribution in [2.45, 2.75) is 38.6 Å². The SMILES string of the molecule is CC(C)N1CCC(c2cc3cc(C(=O)c4cnn(-c5ccc(Oc6cccc(F)c6F)cc5)c4N)[nH]c3cc2F)CC1. The molecule has 0 saturated carbocycles. The van der Waals surface area contributed by atoms with Gasteiger partial charge in [0.05, 0.1) is 23.1 Å². The fourth-order valence-electron chi connectivity index (χ4n) is 5.56. The molecule has 0 amide bonds. The Kier molecular flexibility index (Phi) is 7.24. The summed E-state index contributed by atoms with van der Waals surface area (Å²) in [6.07, 6.45) is 3.16. The van der Waals surface area contributed by atoms with Gasteiger partial charge in [-0.15, -0.1) is 0 Å². The number of hydrogen-bond donors (Lipinski definition) is 2. The molecule has 0 spiro atoms. The summed E-state index contributed by atoms with van der Waals surface area (Å²) in [6.45, 7) is 6.21. The number of aromatic amines is 1. The number of carbonyl (C=O) groups excluding carboxylic acids is 1. The van der Waals surface area contributed by atoms with Crippen molar-refractivity contribution in [1.29, 1.82) is 0 Å². The number of hydrogen-bond acceptors (Lipinski definition) is 5. The number of nitrogens with one attached hydrogen (secondary N) is 1. The zero-order valence-corrected chi connectivity index (χ0v) is 23.2. The van der Waals surface area contributed by atoms with Crippen LogP contribution in [0.4, 0.5) is 19.0 Å². The van der Waals surface area contributed by atoms with Crippen LogP contribution < -0.4 is 10.5 Å². The molecule has 0 atom stereocenters. The summed E-state index contributed by atoms with van der Waals surface area (Å²) in [6, 6.07) is 15.5. The van der Waals surface area contributed by atoms with Gasteiger partial charge in [0.2, 0.25) is 11.6 Å². The maximum absolute atomic E-state index is 15.1. The van der Waals surface area contributed by atoms with Crippen molar-refractivity contribution in [2.75, 3.05) is 18.8 Å². The molecular weight excluding hydrogens is 543 g/mol. The molecule has 0 unspecified atom stereocenters. The zero-order chi connectivity index (χ0) is 29.5. The van der Waals surface area contributed by atoms with Crippen molar-refractivity contribution in [1.82, 2.24) is 19.7 Å². The van der Waals surface area contributed by atoms with Crippen LogP contribution in [-0.2, 0) is 0 Å². The van der Waals surface area contributed by atoms with Gasteiger partial charge in [-0.3, -0.25) is 4.79 Å². The summed E-state index contributed by atoms with van der Waals surface area (Å²) in [5.74, 6) is -2.44. The van der Waals surface area contributed by atoms with Crippen molar-refractivity contribution >= 4 is 22.5 Å². The van der Waals surface area contributed by atoms with Crippen molar-refractivity contribution in [3.8, 4) is 17.2 Å². The molecule has 0 bridgehead atoms. The van der Waals surface area contributed by atoms with E-state index in [4.69, 9.17) is 10.5 Å². The summed E-state index contributed by atoms with van der Waals surface area (Å²) in [5.41, 5.74) is 8.54. The number of ketones is 1. The number of benzene rings is 3. The molecule has 3 heterocycles. The van der Waals surface area contributed by atoms with Crippen LogP contribution in [0.3, 0.4) is 0 Å². The maximum atomic E-state index is 15.1. The second kappa shape index (κ2) is 11.0. The number of anilines is 1. The number of ether oxygens (including phenoxy) is 1. The van der Waals surface area contributed by atoms with Crippen molar-refractivity contribution in [3.63, 3.8) is 0 Å². The highest BCUT2D eigenvalue weighted by atomic mass is 19.2. The summed E-state index contributed by atoms with van der Waals surface area (Å²) < 4.78 is 49.4. The number of rotatable bonds is 7. The molecule has 2 aromatic heterocycles. The van der Waals surface area contributed by atoms with Crippen LogP contribution in [0.5, 0.6) is 11.5 Å². The number of nitrogens with zero attached hydrogens (tertiary/aromatic N) is 3. The molecule has 216 valence electrons. The van der Waals surface area contributed by atoms with E-state index in [9.17, 15) is 13.6 Å². The monoisotopic (exact) mass is 573 g/mol. The first-order valence-electron chi connectivity index (χ1n) is 13.9. The normalized spacial score (nSPS) is 14.6. The van der Waals surface area contributed by atoms with Crippen LogP contribution in [0.25, 0.3) is 16.6 Å². The van der Waals surface area contributed by atoms with Crippen molar-refractivity contribution in [3.05, 3.63) is 101 Å². The fraction of sp³-hybridized carbons (Fsp3) is 0.250. The third-order valence-corrected chi connectivity index (χ3v) is 7.96. The van der Waals surface area contributed by atoms with Gasteiger partial charge in [-0.05, 0) is 106 Å². The average Bonchev–Trinajstić information content (AvgIpc) is 3.58. The van der Waals surface area contributed by atoms with Gasteiger partial charge in [0.1, 0.15) is 17.4 Å². The highest BCUT2D eigenvalue weighted by Crippen LogP contribution is 2.34. The quantitative estimate of drug-likeness (QED) is 0.206. The molecular formula is C32H30F3N5O2. The second-order valence-electron chi connectivity index (χ2n) is 10.9. The molecule has 3 N–H and O–H groups in total. The summed E-state index contributed by atoms with van der Waals surface area (Å²) in [4.78, 5) is 18.9. The second-order valence-corrected chi connectivity index (χ2v) is 10.9. The lowest BCUT2D eigenvalue weighted by Gasteiger charge is -2.34. The lowest BCUT2D eigenvalue weighted by molar-refractivity contribution is 0.103. The van der Waals surface area contributed by atoms with E-state index in [2.05, 4.69) is 28.8 Å². The number of fused-ring (bicyclic) bond motifs is 1. The predicted molar refractivity (Wildman–Crippen MR) is 155 cm³/mol. The Hall–Kier alpha value is -4.57. The number of halogens is 3. The van der Waals surface area contributed by atoms with Crippen LogP contribution >= 0.6 is 0 Å². The number of carbonyl (C=O) groups is 1. The topological polar surface area (TPSA) is 89.2 Å². The highest BCUT2D eigenvalue weighted by molar-refractivity contribution is 6.12. The fourth-order valence-corrected chi connectivity index (χ4v) is 5.56. The van der Waals surface area contributed by atoms with Gasteiger partial charge < -0.3 is 20.4 Å². The number of nitrogens with two attached hydrogens (primary N) is 1. The number of H-pyrrole nitrogens is 1. The maximum Gasteiger partial charge on any atom is 0.214 e. The largest absolute Gasteiger partial charge is 0.454 e. The first-order valence-corrected chi connectivity index (χ1v) is 13.9. The predicted octanol–water partition coefficient (Wildman–Crippen LogP) is 6.96. The Bertz CT molecular complexity index is 1770. The molecule has 5 aromatic rings. The molecule has 0 aliphatic carbocycles. The third kappa shape index (κ3) is 5.14. The van der Waals surface area contributed by atoms with Crippen LogP contribution in [0, 0.1) is 17.5 Å². The minimum absolute atomic E-state index is 0.118. The third-order valence-electron chi connectivity index (χ3n) is 7.96. The lowest BCUT2D eigenvalue weighted by Crippen LogP contribution is -2.37. The Morgan fingerprint density at radius 3 is 2.48 bits per heavy atom. The molecule has 0 radical (unpaired) electrons. The van der Waals surface area contributed by atoms with E-state index in [0.717, 1.165) is 37.4 Å². The van der Waals surface area contributed by atoms with E-state index < -0.39 is 11.6 Å². The van der Waals surface area contributed by atoms with Crippen LogP contribution in [0.2, 0.25) is 0 Å². The minimum atomic E-state index is -1.08. The average molecular weight is 574 g/mol. The Morgan fingerprint density at radius 2 is 1.76 bits per heavy atom. The Labute approximate surface area is 240 Å². The van der Waals surface area contributed by atoms with E-state index in [1.807, 2.05) is 6.07 Å². The summed E-state index contributed by atoms with van der Waals surface area (Å²) >= 11 is 0. The van der Waals surface area contributed by atoms with Gasteiger partial charge in [0, 0.05) is 16.9 Å². The zero-order valence-electron chi connectivity index (χ0n) is 23.2. The molecule has 1 fully saturated rings. The highest BCUT2D eigenvalue weighted by Gasteiger charge is 2.26. The first kappa shape index (κ1) is 27.6. The Morgan fingerprint density at radius 1 is 1.02 bits per heavy atom. The van der Waals surface area contributed by atoms with Gasteiger partial charge >= 0.3 is 0 Å². The lowest BCUT2D eigenvalue weighted by atomic mass is 9.88. The van der Waals surface area contributed by atoms with E-state index >= 15 is 4.39 Å². The van der Waals surface area contributed by atoms with Gasteiger partial charge in [0.15, 0.2) is 11.6 Å². The molecule has 1 saturated heterocycles. The number of likely N-dealkylation sites (tertiary alicyclic amines) is 1. The number of piperidine rings is 1. The van der Waals surface area contributed by atoms with Crippen molar-refractivity contribution < 1.29 is 22.7 Å². The summed E-state index contributed by atoms with van der Waals surface area (Å²) in [5, 5.41) is 5.04. The standard InChI is InChI=1S/C32H30F3N5O2/c1-18(2)39-12-10-19(11-13-39)23-14-20-15-28(38-27(20)16-26(23)34)31(41)24-17-37-40(32(24)36)21-6-8-22(9-7-21)42-29-5-3-4-25(33)30(29)35/h3-9,14-19,38H,10-13,36H2,1-2H3. The smallest absolute Gasteiger partial charge is 0.214 e. The summed E-state index contributed by atoms with van der Waals surface area (Å²) in [7, 11) is 0. The van der Waals surface area contributed by atoms with Gasteiger partial charge in [-0.1, -0.05) is 6.07 Å². The minimum Gasteiger partial charge on any atom is -0.454 e. The van der Waals surface area contributed by atoms with Gasteiger partial charge in [-0.25, -0.2) is 13.5 Å². The molecule has 1 aliphatic rings. The van der Waals surface area contributed by atoms with E-state index in [-0.39, 0.29) is 46.1 Å². The van der Waals surface area contributed by atoms with Crippen molar-refractivity contribution in [2.24, 2.45) is 0 Å². The number of aromatic nitrogens is 3. The molecule has 42 heavy (non-hydrogen) atoms. The van der Waals surface area contributed by atoms with Gasteiger partial charge in [-0.2, -0.15) is 9.49 Å². The van der Waals surface area contributed by atoms with Crippen LogP contribution in [0.15, 0.2) is 66.9 Å². The molecule has 3 aromatic carbocycles. The van der Waals surface area contributed by atoms with E-state index in [1.165, 1.54) is 29.1 Å². The molecule has 1 aliphatic heterocycles.